The first kappa shape index (κ1) is 25.1. The van der Waals surface area contributed by atoms with Gasteiger partial charge in [-0.25, -0.2) is 0 Å². The average molecular weight is 511 g/mol. The lowest BCUT2D eigenvalue weighted by Gasteiger charge is -2.17. The molecule has 0 spiro atoms. The van der Waals surface area contributed by atoms with Gasteiger partial charge in [0.15, 0.2) is 0 Å². The quantitative estimate of drug-likeness (QED) is 0.300. The van der Waals surface area contributed by atoms with E-state index in [2.05, 4.69) is 20.9 Å². The van der Waals surface area contributed by atoms with Gasteiger partial charge in [0.1, 0.15) is 11.5 Å². The second-order valence-electron chi connectivity index (χ2n) is 9.22. The molecule has 3 N–H and O–H groups in total. The molecule has 1 aliphatic rings. The number of anilines is 1. The Bertz CT molecular complexity index is 1480. The molecular formula is C30H30N4O4. The molecule has 38 heavy (non-hydrogen) atoms. The predicted molar refractivity (Wildman–Crippen MR) is 148 cm³/mol. The van der Waals surface area contributed by atoms with Gasteiger partial charge in [-0.3, -0.25) is 14.6 Å². The maximum absolute atomic E-state index is 13.2. The van der Waals surface area contributed by atoms with Crippen LogP contribution in [0.3, 0.4) is 0 Å². The number of rotatable bonds is 9. The summed E-state index contributed by atoms with van der Waals surface area (Å²) < 4.78 is 11.0. The van der Waals surface area contributed by atoms with Gasteiger partial charge < -0.3 is 25.4 Å². The molecule has 0 atom stereocenters. The number of ether oxygens (including phenoxy) is 2. The third-order valence-electron chi connectivity index (χ3n) is 6.66. The molecule has 0 bridgehead atoms. The van der Waals surface area contributed by atoms with Crippen molar-refractivity contribution in [3.63, 3.8) is 0 Å². The molecule has 194 valence electrons. The first-order chi connectivity index (χ1) is 18.5. The number of nitrogens with one attached hydrogen (secondary N) is 3. The summed E-state index contributed by atoms with van der Waals surface area (Å²) >= 11 is 0. The summed E-state index contributed by atoms with van der Waals surface area (Å²) in [6.07, 6.45) is 3.61. The Kier molecular flexibility index (Phi) is 7.13. The minimum Gasteiger partial charge on any atom is -0.497 e. The number of pyridine rings is 1. The van der Waals surface area contributed by atoms with Crippen LogP contribution in [0.25, 0.3) is 22.0 Å². The van der Waals surface area contributed by atoms with Crippen molar-refractivity contribution in [1.82, 2.24) is 15.6 Å². The highest BCUT2D eigenvalue weighted by atomic mass is 16.5. The number of hydrogen-bond acceptors (Lipinski definition) is 6. The second kappa shape index (κ2) is 10.8. The molecule has 5 rings (SSSR count). The van der Waals surface area contributed by atoms with Crippen LogP contribution in [0.4, 0.5) is 5.69 Å². The Hall–Kier alpha value is -4.59. The van der Waals surface area contributed by atoms with E-state index in [0.29, 0.717) is 34.6 Å². The number of carbonyl (C=O) groups is 2. The smallest absolute Gasteiger partial charge is 0.255 e. The highest BCUT2D eigenvalue weighted by Gasteiger charge is 2.26. The van der Waals surface area contributed by atoms with Gasteiger partial charge >= 0.3 is 0 Å². The summed E-state index contributed by atoms with van der Waals surface area (Å²) in [4.78, 5) is 29.8. The molecule has 1 aromatic heterocycles. The van der Waals surface area contributed by atoms with Gasteiger partial charge in [-0.1, -0.05) is 24.3 Å². The molecule has 0 radical (unpaired) electrons. The van der Waals surface area contributed by atoms with Gasteiger partial charge in [0, 0.05) is 48.4 Å². The molecule has 0 saturated heterocycles. The SMILES string of the molecule is CNC(=O)c1ccc(-c2cc3c(NCc4ccc(OC)cc4)c(C(=O)NC4CC4)cnc3cc2OC)cc1. The van der Waals surface area contributed by atoms with Crippen LogP contribution in [0.15, 0.2) is 66.9 Å². The number of nitrogens with zero attached hydrogens (tertiary/aromatic N) is 1. The van der Waals surface area contributed by atoms with E-state index in [0.717, 1.165) is 40.7 Å². The molecule has 1 fully saturated rings. The summed E-state index contributed by atoms with van der Waals surface area (Å²) in [7, 11) is 4.86. The van der Waals surface area contributed by atoms with Crippen LogP contribution in [0.1, 0.15) is 39.1 Å². The molecule has 8 heteroatoms. The van der Waals surface area contributed by atoms with Crippen LogP contribution in [-0.4, -0.2) is 44.1 Å². The van der Waals surface area contributed by atoms with Gasteiger partial charge in [-0.05, 0) is 54.3 Å². The molecule has 3 aromatic carbocycles. The van der Waals surface area contributed by atoms with Crippen LogP contribution >= 0.6 is 0 Å². The van der Waals surface area contributed by atoms with E-state index < -0.39 is 0 Å². The summed E-state index contributed by atoms with van der Waals surface area (Å²) in [5.74, 6) is 1.13. The highest BCUT2D eigenvalue weighted by Crippen LogP contribution is 2.38. The van der Waals surface area contributed by atoms with E-state index in [1.165, 1.54) is 0 Å². The minimum absolute atomic E-state index is 0.147. The number of fused-ring (bicyclic) bond motifs is 1. The molecule has 1 heterocycles. The maximum atomic E-state index is 13.2. The predicted octanol–water partition coefficient (Wildman–Crippen LogP) is 4.78. The Morgan fingerprint density at radius 3 is 2.32 bits per heavy atom. The summed E-state index contributed by atoms with van der Waals surface area (Å²) in [6, 6.07) is 19.2. The number of benzene rings is 3. The van der Waals surface area contributed by atoms with Gasteiger partial charge in [0.25, 0.3) is 11.8 Å². The van der Waals surface area contributed by atoms with Crippen molar-refractivity contribution in [3.8, 4) is 22.6 Å². The number of aromatic nitrogens is 1. The van der Waals surface area contributed by atoms with Gasteiger partial charge in [0.2, 0.25) is 0 Å². The fraction of sp³-hybridized carbons (Fsp3) is 0.233. The average Bonchev–Trinajstić information content (AvgIpc) is 3.78. The zero-order chi connectivity index (χ0) is 26.6. The lowest BCUT2D eigenvalue weighted by molar-refractivity contribution is 0.0947. The van der Waals surface area contributed by atoms with E-state index in [1.54, 1.807) is 39.6 Å². The number of hydrogen-bond donors (Lipinski definition) is 3. The van der Waals surface area contributed by atoms with E-state index >= 15 is 0 Å². The van der Waals surface area contributed by atoms with E-state index in [1.807, 2.05) is 48.5 Å². The van der Waals surface area contributed by atoms with Crippen molar-refractivity contribution in [1.29, 1.82) is 0 Å². The fourth-order valence-electron chi connectivity index (χ4n) is 4.35. The Morgan fingerprint density at radius 2 is 1.68 bits per heavy atom. The van der Waals surface area contributed by atoms with E-state index in [-0.39, 0.29) is 17.9 Å². The first-order valence-electron chi connectivity index (χ1n) is 12.5. The summed E-state index contributed by atoms with van der Waals surface area (Å²) in [5.41, 5.74) is 5.22. The fourth-order valence-corrected chi connectivity index (χ4v) is 4.35. The van der Waals surface area contributed by atoms with Crippen molar-refractivity contribution < 1.29 is 19.1 Å². The number of carbonyl (C=O) groups excluding carboxylic acids is 2. The van der Waals surface area contributed by atoms with Crippen LogP contribution in [-0.2, 0) is 6.54 Å². The topological polar surface area (TPSA) is 102 Å². The standard InChI is InChI=1S/C30H30N4O4/c1-31-29(35)20-8-6-19(7-9-20)23-14-24-26(15-27(23)38-3)32-17-25(30(36)34-21-10-11-21)28(24)33-16-18-4-12-22(37-2)13-5-18/h4-9,12-15,17,21H,10-11,16H2,1-3H3,(H,31,35)(H,32,33)(H,34,36). The maximum Gasteiger partial charge on any atom is 0.255 e. The third kappa shape index (κ3) is 5.25. The molecule has 2 amide bonds. The molecular weight excluding hydrogens is 480 g/mol. The molecule has 0 unspecified atom stereocenters. The third-order valence-corrected chi connectivity index (χ3v) is 6.66. The Labute approximate surface area is 221 Å². The van der Waals surface area contributed by atoms with Crippen molar-refractivity contribution >= 4 is 28.4 Å². The first-order valence-corrected chi connectivity index (χ1v) is 12.5. The monoisotopic (exact) mass is 510 g/mol. The van der Waals surface area contributed by atoms with Crippen molar-refractivity contribution in [3.05, 3.63) is 83.6 Å². The van der Waals surface area contributed by atoms with Crippen molar-refractivity contribution in [2.24, 2.45) is 0 Å². The molecule has 8 nitrogen and oxygen atoms in total. The van der Waals surface area contributed by atoms with Crippen molar-refractivity contribution in [2.45, 2.75) is 25.4 Å². The number of methoxy groups -OCH3 is 2. The van der Waals surface area contributed by atoms with E-state index in [4.69, 9.17) is 9.47 Å². The highest BCUT2D eigenvalue weighted by molar-refractivity contribution is 6.08. The van der Waals surface area contributed by atoms with Crippen LogP contribution in [0, 0.1) is 0 Å². The molecule has 1 aliphatic carbocycles. The molecule has 1 saturated carbocycles. The van der Waals surface area contributed by atoms with Gasteiger partial charge in [-0.2, -0.15) is 0 Å². The number of amides is 2. The van der Waals surface area contributed by atoms with Gasteiger partial charge in [0.05, 0.1) is 31.0 Å². The summed E-state index contributed by atoms with van der Waals surface area (Å²) in [5, 5.41) is 10.0. The molecule has 0 aliphatic heterocycles. The minimum atomic E-state index is -0.150. The lowest BCUT2D eigenvalue weighted by Crippen LogP contribution is -2.26. The van der Waals surface area contributed by atoms with Crippen LogP contribution in [0.5, 0.6) is 11.5 Å². The van der Waals surface area contributed by atoms with Crippen LogP contribution in [0.2, 0.25) is 0 Å². The van der Waals surface area contributed by atoms with Crippen molar-refractivity contribution in [2.75, 3.05) is 26.6 Å². The normalized spacial score (nSPS) is 12.6. The zero-order valence-electron chi connectivity index (χ0n) is 21.6. The lowest BCUT2D eigenvalue weighted by atomic mass is 9.98. The Morgan fingerprint density at radius 1 is 0.947 bits per heavy atom. The van der Waals surface area contributed by atoms with Crippen LogP contribution < -0.4 is 25.4 Å². The Balaban J connectivity index is 1.58. The van der Waals surface area contributed by atoms with E-state index in [9.17, 15) is 9.59 Å². The zero-order valence-corrected chi connectivity index (χ0v) is 21.6. The largest absolute Gasteiger partial charge is 0.497 e. The second-order valence-corrected chi connectivity index (χ2v) is 9.22. The summed E-state index contributed by atoms with van der Waals surface area (Å²) in [6.45, 7) is 0.509. The molecule has 4 aromatic rings. The van der Waals surface area contributed by atoms with Gasteiger partial charge in [-0.15, -0.1) is 0 Å².